The molecule has 0 saturated heterocycles. The van der Waals surface area contributed by atoms with Crippen LogP contribution in [-0.2, 0) is 4.79 Å². The standard InChI is InChI=1S/C12H17N3O3/c1-8(2)14-11(17)7-15(3)12(18)9-4-10(16)6-13-5-9/h4-6,8,16H,7H2,1-3H3,(H,14,17). The molecule has 98 valence electrons. The van der Waals surface area contributed by atoms with E-state index >= 15 is 0 Å². The fraction of sp³-hybridized carbons (Fsp3) is 0.417. The Morgan fingerprint density at radius 1 is 1.44 bits per heavy atom. The Kier molecular flexibility index (Phi) is 4.65. The summed E-state index contributed by atoms with van der Waals surface area (Å²) in [4.78, 5) is 28.4. The molecule has 0 atom stereocenters. The van der Waals surface area contributed by atoms with Crippen LogP contribution in [0.3, 0.4) is 0 Å². The van der Waals surface area contributed by atoms with Crippen molar-refractivity contribution in [2.24, 2.45) is 0 Å². The van der Waals surface area contributed by atoms with E-state index in [4.69, 9.17) is 0 Å². The Labute approximate surface area is 106 Å². The van der Waals surface area contributed by atoms with E-state index in [0.717, 1.165) is 0 Å². The third-order valence-electron chi connectivity index (χ3n) is 2.15. The number of carbonyl (C=O) groups excluding carboxylic acids is 2. The second-order valence-electron chi connectivity index (χ2n) is 4.32. The molecule has 2 amide bonds. The van der Waals surface area contributed by atoms with Crippen LogP contribution < -0.4 is 5.32 Å². The van der Waals surface area contributed by atoms with Crippen LogP contribution in [0.15, 0.2) is 18.5 Å². The number of pyridine rings is 1. The van der Waals surface area contributed by atoms with Crippen molar-refractivity contribution in [2.45, 2.75) is 19.9 Å². The molecule has 0 saturated carbocycles. The molecule has 0 aliphatic carbocycles. The van der Waals surface area contributed by atoms with Gasteiger partial charge in [0.15, 0.2) is 0 Å². The first kappa shape index (κ1) is 14.0. The van der Waals surface area contributed by atoms with Crippen molar-refractivity contribution in [1.82, 2.24) is 15.2 Å². The molecule has 18 heavy (non-hydrogen) atoms. The number of likely N-dealkylation sites (N-methyl/N-ethyl adjacent to an activating group) is 1. The highest BCUT2D eigenvalue weighted by Gasteiger charge is 2.15. The second kappa shape index (κ2) is 6.00. The maximum atomic E-state index is 11.9. The fourth-order valence-electron chi connectivity index (χ4n) is 1.42. The zero-order chi connectivity index (χ0) is 13.7. The van der Waals surface area contributed by atoms with E-state index in [-0.39, 0.29) is 35.7 Å². The van der Waals surface area contributed by atoms with E-state index in [2.05, 4.69) is 10.3 Å². The first-order valence-electron chi connectivity index (χ1n) is 5.59. The first-order valence-corrected chi connectivity index (χ1v) is 5.59. The lowest BCUT2D eigenvalue weighted by molar-refractivity contribution is -0.122. The summed E-state index contributed by atoms with van der Waals surface area (Å²) in [6.07, 6.45) is 2.58. The van der Waals surface area contributed by atoms with Crippen molar-refractivity contribution in [3.63, 3.8) is 0 Å². The Balaban J connectivity index is 2.64. The van der Waals surface area contributed by atoms with E-state index in [0.29, 0.717) is 0 Å². The molecule has 6 nitrogen and oxygen atoms in total. The van der Waals surface area contributed by atoms with E-state index in [1.54, 1.807) is 0 Å². The maximum absolute atomic E-state index is 11.9. The van der Waals surface area contributed by atoms with Gasteiger partial charge < -0.3 is 15.3 Å². The van der Waals surface area contributed by atoms with Gasteiger partial charge >= 0.3 is 0 Å². The average molecular weight is 251 g/mol. The molecule has 0 bridgehead atoms. The number of nitrogens with zero attached hydrogens (tertiary/aromatic N) is 2. The van der Waals surface area contributed by atoms with Crippen LogP contribution in [0.25, 0.3) is 0 Å². The largest absolute Gasteiger partial charge is 0.506 e. The smallest absolute Gasteiger partial charge is 0.255 e. The zero-order valence-electron chi connectivity index (χ0n) is 10.7. The van der Waals surface area contributed by atoms with Crippen molar-refractivity contribution in [1.29, 1.82) is 0 Å². The summed E-state index contributed by atoms with van der Waals surface area (Å²) in [5.74, 6) is -0.674. The van der Waals surface area contributed by atoms with Crippen LogP contribution in [0.2, 0.25) is 0 Å². The molecule has 0 aliphatic heterocycles. The predicted octanol–water partition coefficient (Wildman–Crippen LogP) is 0.384. The maximum Gasteiger partial charge on any atom is 0.255 e. The van der Waals surface area contributed by atoms with E-state index in [1.807, 2.05) is 13.8 Å². The predicted molar refractivity (Wildman–Crippen MR) is 66.1 cm³/mol. The number of carbonyl (C=O) groups is 2. The molecule has 0 aromatic carbocycles. The molecule has 2 N–H and O–H groups in total. The molecule has 0 radical (unpaired) electrons. The van der Waals surface area contributed by atoms with Crippen LogP contribution in [0.1, 0.15) is 24.2 Å². The van der Waals surface area contributed by atoms with Gasteiger partial charge in [-0.05, 0) is 19.9 Å². The van der Waals surface area contributed by atoms with Gasteiger partial charge in [0.25, 0.3) is 5.91 Å². The number of rotatable bonds is 4. The van der Waals surface area contributed by atoms with Gasteiger partial charge in [0.2, 0.25) is 5.91 Å². The fourth-order valence-corrected chi connectivity index (χ4v) is 1.42. The Bertz CT molecular complexity index is 446. The molecular weight excluding hydrogens is 234 g/mol. The van der Waals surface area contributed by atoms with Crippen LogP contribution in [0, 0.1) is 0 Å². The summed E-state index contributed by atoms with van der Waals surface area (Å²) in [6, 6.07) is 1.34. The summed E-state index contributed by atoms with van der Waals surface area (Å²) in [5.41, 5.74) is 0.245. The summed E-state index contributed by atoms with van der Waals surface area (Å²) >= 11 is 0. The summed E-state index contributed by atoms with van der Waals surface area (Å²) in [6.45, 7) is 3.66. The second-order valence-corrected chi connectivity index (χ2v) is 4.32. The lowest BCUT2D eigenvalue weighted by Gasteiger charge is -2.17. The van der Waals surface area contributed by atoms with Crippen LogP contribution in [0.5, 0.6) is 5.75 Å². The number of nitrogens with one attached hydrogen (secondary N) is 1. The number of amides is 2. The van der Waals surface area contributed by atoms with Crippen LogP contribution in [-0.4, -0.2) is 46.4 Å². The van der Waals surface area contributed by atoms with Gasteiger partial charge in [0.1, 0.15) is 5.75 Å². The molecular formula is C12H17N3O3. The van der Waals surface area contributed by atoms with Crippen molar-refractivity contribution in [2.75, 3.05) is 13.6 Å². The van der Waals surface area contributed by atoms with Gasteiger partial charge in [-0.2, -0.15) is 0 Å². The van der Waals surface area contributed by atoms with Gasteiger partial charge in [0.05, 0.1) is 18.3 Å². The van der Waals surface area contributed by atoms with Crippen molar-refractivity contribution < 1.29 is 14.7 Å². The average Bonchev–Trinajstić information content (AvgIpc) is 2.26. The Morgan fingerprint density at radius 2 is 2.11 bits per heavy atom. The van der Waals surface area contributed by atoms with Crippen molar-refractivity contribution >= 4 is 11.8 Å². The highest BCUT2D eigenvalue weighted by molar-refractivity contribution is 5.96. The summed E-state index contributed by atoms with van der Waals surface area (Å²) < 4.78 is 0. The van der Waals surface area contributed by atoms with Crippen LogP contribution >= 0.6 is 0 Å². The van der Waals surface area contributed by atoms with Gasteiger partial charge in [-0.15, -0.1) is 0 Å². The monoisotopic (exact) mass is 251 g/mol. The molecule has 1 rings (SSSR count). The number of aromatic hydroxyl groups is 1. The molecule has 6 heteroatoms. The SMILES string of the molecule is CC(C)NC(=O)CN(C)C(=O)c1cncc(O)c1. The normalized spacial score (nSPS) is 10.2. The van der Waals surface area contributed by atoms with Gasteiger partial charge in [-0.25, -0.2) is 0 Å². The van der Waals surface area contributed by atoms with E-state index < -0.39 is 0 Å². The van der Waals surface area contributed by atoms with Crippen molar-refractivity contribution in [3.05, 3.63) is 24.0 Å². The topological polar surface area (TPSA) is 82.5 Å². The first-order chi connectivity index (χ1) is 8.40. The minimum absolute atomic E-state index is 0.0310. The molecule has 0 aliphatic rings. The lowest BCUT2D eigenvalue weighted by atomic mass is 10.2. The number of aromatic nitrogens is 1. The molecule has 0 spiro atoms. The van der Waals surface area contributed by atoms with E-state index in [1.165, 1.54) is 30.4 Å². The third kappa shape index (κ3) is 4.04. The Hall–Kier alpha value is -2.11. The highest BCUT2D eigenvalue weighted by atomic mass is 16.3. The molecule has 1 aromatic heterocycles. The minimum Gasteiger partial charge on any atom is -0.506 e. The van der Waals surface area contributed by atoms with Crippen LogP contribution in [0.4, 0.5) is 0 Å². The quantitative estimate of drug-likeness (QED) is 0.810. The summed E-state index contributed by atoms with van der Waals surface area (Å²) in [5, 5.41) is 11.9. The van der Waals surface area contributed by atoms with Gasteiger partial charge in [-0.3, -0.25) is 14.6 Å². The van der Waals surface area contributed by atoms with Gasteiger partial charge in [0, 0.05) is 19.3 Å². The molecule has 0 fully saturated rings. The van der Waals surface area contributed by atoms with E-state index in [9.17, 15) is 14.7 Å². The zero-order valence-corrected chi connectivity index (χ0v) is 10.7. The number of hydrogen-bond acceptors (Lipinski definition) is 4. The Morgan fingerprint density at radius 3 is 2.67 bits per heavy atom. The van der Waals surface area contributed by atoms with Gasteiger partial charge in [-0.1, -0.05) is 0 Å². The van der Waals surface area contributed by atoms with Crippen molar-refractivity contribution in [3.8, 4) is 5.75 Å². The summed E-state index contributed by atoms with van der Waals surface area (Å²) in [7, 11) is 1.52. The lowest BCUT2D eigenvalue weighted by Crippen LogP contribution is -2.40. The third-order valence-corrected chi connectivity index (χ3v) is 2.15. The highest BCUT2D eigenvalue weighted by Crippen LogP contribution is 2.10. The molecule has 1 heterocycles. The molecule has 0 unspecified atom stereocenters. The molecule has 1 aromatic rings. The minimum atomic E-state index is -0.364. The number of hydrogen-bond donors (Lipinski definition) is 2.